The molecular weight excluding hydrogens is 433 g/mol. The van der Waals surface area contributed by atoms with Crippen LogP contribution in [0.2, 0.25) is 0 Å². The topological polar surface area (TPSA) is 55.4 Å². The summed E-state index contributed by atoms with van der Waals surface area (Å²) in [6.07, 6.45) is -7.12. The van der Waals surface area contributed by atoms with Gasteiger partial charge < -0.3 is 10.1 Å². The van der Waals surface area contributed by atoms with Crippen LogP contribution < -0.4 is 10.1 Å². The molecule has 0 unspecified atom stereocenters. The largest absolute Gasteiger partial charge is 0.484 e. The van der Waals surface area contributed by atoms with Gasteiger partial charge in [0.1, 0.15) is 11.4 Å². The minimum atomic E-state index is -7.31. The van der Waals surface area contributed by atoms with Crippen molar-refractivity contribution >= 4 is 15.5 Å². The lowest BCUT2D eigenvalue weighted by Crippen LogP contribution is -2.63. The second-order valence-corrected chi connectivity index (χ2v) is 8.53. The first-order valence-corrected chi connectivity index (χ1v) is 8.78. The van der Waals surface area contributed by atoms with E-state index >= 15 is 0 Å². The van der Waals surface area contributed by atoms with Gasteiger partial charge in [-0.15, -0.1) is 0 Å². The lowest BCUT2D eigenvalue weighted by Gasteiger charge is -2.34. The summed E-state index contributed by atoms with van der Waals surface area (Å²) in [5, 5.41) is -4.22. The summed E-state index contributed by atoms with van der Waals surface area (Å²) in [6, 6.07) is 1.51. The third-order valence-electron chi connectivity index (χ3n) is 3.81. The predicted molar refractivity (Wildman–Crippen MR) is 77.7 cm³/mol. The van der Waals surface area contributed by atoms with Crippen molar-refractivity contribution in [2.24, 2.45) is 0 Å². The molecule has 0 aliphatic carbocycles. The molecule has 0 spiro atoms. The first kappa shape index (κ1) is 22.4. The van der Waals surface area contributed by atoms with Gasteiger partial charge in [-0.25, -0.2) is 8.42 Å². The van der Waals surface area contributed by atoms with E-state index in [1.165, 1.54) is 0 Å². The molecule has 0 radical (unpaired) electrons. The van der Waals surface area contributed by atoms with E-state index < -0.39 is 43.6 Å². The summed E-state index contributed by atoms with van der Waals surface area (Å²) in [6.45, 7) is 3.23. The summed E-state index contributed by atoms with van der Waals surface area (Å²) < 4.78 is 146. The zero-order valence-corrected chi connectivity index (χ0v) is 14.8. The highest BCUT2D eigenvalue weighted by atomic mass is 32.2. The Morgan fingerprint density at radius 3 is 2.00 bits per heavy atom. The number of hydrogen-bond donors (Lipinski definition) is 1. The van der Waals surface area contributed by atoms with Gasteiger partial charge in [0.25, 0.3) is 0 Å². The van der Waals surface area contributed by atoms with E-state index in [1.54, 1.807) is 13.8 Å². The highest BCUT2D eigenvalue weighted by Gasteiger charge is 2.85. The second-order valence-electron chi connectivity index (χ2n) is 6.54. The molecule has 0 fully saturated rings. The Bertz CT molecular complexity index is 879. The van der Waals surface area contributed by atoms with Crippen LogP contribution in [0.25, 0.3) is 0 Å². The van der Waals surface area contributed by atoms with E-state index in [4.69, 9.17) is 4.74 Å². The first-order valence-electron chi connectivity index (χ1n) is 7.30. The normalized spacial score (nSPS) is 18.1. The molecule has 1 aromatic carbocycles. The summed E-state index contributed by atoms with van der Waals surface area (Å²) >= 11 is 0. The van der Waals surface area contributed by atoms with Crippen molar-refractivity contribution in [3.8, 4) is 5.75 Å². The quantitative estimate of drug-likeness (QED) is 0.696. The Balaban J connectivity index is 2.54. The van der Waals surface area contributed by atoms with Gasteiger partial charge >= 0.3 is 23.3 Å². The number of nitrogens with one attached hydrogen (secondary N) is 1. The number of fused-ring (bicyclic) bond motifs is 1. The number of anilines is 1. The molecule has 1 N–H and O–H groups in total. The van der Waals surface area contributed by atoms with E-state index in [0.717, 1.165) is 6.07 Å². The number of hydrogen-bond acceptors (Lipinski definition) is 4. The second kappa shape index (κ2) is 6.07. The number of alkyl halides is 9. The van der Waals surface area contributed by atoms with Crippen molar-refractivity contribution in [3.63, 3.8) is 0 Å². The Kier molecular flexibility index (Phi) is 4.86. The highest BCUT2D eigenvalue weighted by Crippen LogP contribution is 2.56. The molecule has 0 aromatic heterocycles. The Labute approximate surface area is 152 Å². The zero-order chi connectivity index (χ0) is 22.0. The third-order valence-corrected chi connectivity index (χ3v) is 5.61. The maximum atomic E-state index is 13.9. The molecule has 1 heterocycles. The van der Waals surface area contributed by atoms with Gasteiger partial charge in [-0.3, -0.25) is 0 Å². The molecule has 1 aromatic rings. The van der Waals surface area contributed by atoms with Crippen LogP contribution >= 0.6 is 0 Å². The van der Waals surface area contributed by atoms with Gasteiger partial charge in [-0.1, -0.05) is 0 Å². The van der Waals surface area contributed by atoms with Crippen molar-refractivity contribution in [1.29, 1.82) is 0 Å². The molecule has 0 bridgehead atoms. The van der Waals surface area contributed by atoms with Crippen molar-refractivity contribution in [2.75, 3.05) is 11.9 Å². The van der Waals surface area contributed by atoms with Gasteiger partial charge in [-0.2, -0.15) is 39.5 Å². The first-order chi connectivity index (χ1) is 12.3. The Hall–Kier alpha value is -1.86. The summed E-state index contributed by atoms with van der Waals surface area (Å²) in [5.41, 5.74) is -1.05. The molecule has 0 saturated carbocycles. The fraction of sp³-hybridized carbons (Fsp3) is 0.571. The SMILES string of the molecule is CC1(C)CNc2cc(S(=O)(=O)C(F)(F)C(F)(F)C(F)(F)C(F)(F)F)ccc2O1. The van der Waals surface area contributed by atoms with Crippen LogP contribution in [0.3, 0.4) is 0 Å². The van der Waals surface area contributed by atoms with Crippen LogP contribution in [-0.2, 0) is 9.84 Å². The van der Waals surface area contributed by atoms with E-state index in [1.807, 2.05) is 0 Å². The molecule has 2 rings (SSSR count). The van der Waals surface area contributed by atoms with Crippen LogP contribution in [0.15, 0.2) is 23.1 Å². The minimum Gasteiger partial charge on any atom is -0.484 e. The molecule has 0 amide bonds. The van der Waals surface area contributed by atoms with E-state index in [9.17, 15) is 47.9 Å². The van der Waals surface area contributed by atoms with Crippen molar-refractivity contribution in [3.05, 3.63) is 18.2 Å². The van der Waals surface area contributed by atoms with Gasteiger partial charge in [0.05, 0.1) is 17.1 Å². The highest BCUT2D eigenvalue weighted by molar-refractivity contribution is 7.92. The fourth-order valence-corrected chi connectivity index (χ4v) is 3.50. The number of ether oxygens (including phenoxy) is 1. The lowest BCUT2D eigenvalue weighted by molar-refractivity contribution is -0.382. The summed E-state index contributed by atoms with van der Waals surface area (Å²) in [5.74, 6) is -14.7. The monoisotopic (exact) mass is 445 g/mol. The van der Waals surface area contributed by atoms with Crippen LogP contribution in [0.4, 0.5) is 45.2 Å². The molecule has 4 nitrogen and oxygen atoms in total. The summed E-state index contributed by atoms with van der Waals surface area (Å²) in [7, 11) is -6.66. The van der Waals surface area contributed by atoms with Gasteiger partial charge in [0.2, 0.25) is 9.84 Å². The fourth-order valence-electron chi connectivity index (χ4n) is 2.22. The smallest absolute Gasteiger partial charge is 0.460 e. The molecule has 0 atom stereocenters. The molecule has 14 heteroatoms. The Morgan fingerprint density at radius 1 is 0.964 bits per heavy atom. The molecule has 0 saturated heterocycles. The van der Waals surface area contributed by atoms with E-state index in [0.29, 0.717) is 12.1 Å². The maximum absolute atomic E-state index is 13.9. The zero-order valence-electron chi connectivity index (χ0n) is 14.0. The van der Waals surface area contributed by atoms with Gasteiger partial charge in [0, 0.05) is 0 Å². The predicted octanol–water partition coefficient (Wildman–Crippen LogP) is 4.47. The molecule has 160 valence electrons. The van der Waals surface area contributed by atoms with Crippen molar-refractivity contribution in [1.82, 2.24) is 0 Å². The molecule has 28 heavy (non-hydrogen) atoms. The third kappa shape index (κ3) is 3.14. The molecule has 1 aliphatic rings. The van der Waals surface area contributed by atoms with Gasteiger partial charge in [-0.05, 0) is 32.0 Å². The number of halogens is 9. The maximum Gasteiger partial charge on any atom is 0.460 e. The van der Waals surface area contributed by atoms with Crippen LogP contribution in [0.5, 0.6) is 5.75 Å². The number of rotatable bonds is 4. The van der Waals surface area contributed by atoms with Crippen LogP contribution in [0, 0.1) is 0 Å². The standard InChI is InChI=1S/C14H12F9NO3S/c1-10(2)6-24-8-5-7(3-4-9(8)27-10)28(25,26)14(22,23)12(17,18)11(15,16)13(19,20)21/h3-5,24H,6H2,1-2H3. The van der Waals surface area contributed by atoms with Crippen molar-refractivity contribution < 1.29 is 52.7 Å². The Morgan fingerprint density at radius 2 is 1.50 bits per heavy atom. The van der Waals surface area contributed by atoms with Crippen LogP contribution in [-0.4, -0.2) is 43.8 Å². The van der Waals surface area contributed by atoms with Gasteiger partial charge in [0.15, 0.2) is 0 Å². The van der Waals surface area contributed by atoms with E-state index in [-0.39, 0.29) is 18.0 Å². The number of benzene rings is 1. The van der Waals surface area contributed by atoms with E-state index in [2.05, 4.69) is 5.32 Å². The number of sulfone groups is 1. The molecular formula is C14H12F9NO3S. The average molecular weight is 445 g/mol. The van der Waals surface area contributed by atoms with Crippen molar-refractivity contribution in [2.45, 2.75) is 47.6 Å². The minimum absolute atomic E-state index is 0.0300. The average Bonchev–Trinajstić information content (AvgIpc) is 2.51. The summed E-state index contributed by atoms with van der Waals surface area (Å²) in [4.78, 5) is -1.59. The lowest BCUT2D eigenvalue weighted by atomic mass is 10.1. The van der Waals surface area contributed by atoms with Crippen LogP contribution in [0.1, 0.15) is 13.8 Å². The molecule has 1 aliphatic heterocycles.